The van der Waals surface area contributed by atoms with E-state index in [0.29, 0.717) is 12.5 Å². The maximum atomic E-state index is 13.0. The number of hydrogen-bond acceptors (Lipinski definition) is 4. The molecule has 1 heterocycles. The normalized spacial score (nSPS) is 13.8. The van der Waals surface area contributed by atoms with Gasteiger partial charge >= 0.3 is 6.09 Å². The molecule has 1 fully saturated rings. The molecule has 0 atom stereocenters. The second kappa shape index (κ2) is 16.6. The number of hydrogen-bond donors (Lipinski definition) is 2. The molecule has 0 unspecified atom stereocenters. The molecule has 2 amide bonds. The Morgan fingerprint density at radius 2 is 1.25 bits per heavy atom. The summed E-state index contributed by atoms with van der Waals surface area (Å²) in [4.78, 5) is 27.8. The molecule has 1 saturated heterocycles. The molecule has 0 spiro atoms. The molecule has 5 rings (SSSR count). The maximum absolute atomic E-state index is 13.0. The molecule has 2 N–H and O–H groups in total. The Kier molecular flexibility index (Phi) is 12.4. The fourth-order valence-electron chi connectivity index (χ4n) is 6.06. The quantitative estimate of drug-likeness (QED) is 0.187. The minimum atomic E-state index is -0.615. The van der Waals surface area contributed by atoms with Crippen LogP contribution in [0.2, 0.25) is 0 Å². The zero-order chi connectivity index (χ0) is 29.7. The van der Waals surface area contributed by atoms with Gasteiger partial charge in [0.2, 0.25) is 5.91 Å². The highest BCUT2D eigenvalue weighted by Crippen LogP contribution is 2.36. The number of alkyl carbamates (subject to hydrolysis) is 1. The van der Waals surface area contributed by atoms with E-state index in [4.69, 9.17) is 4.74 Å². The number of carbonyl (C=O) groups excluding carboxylic acids is 2. The average molecular weight is 612 g/mol. The predicted molar refractivity (Wildman–Crippen MR) is 178 cm³/mol. The van der Waals surface area contributed by atoms with E-state index in [1.807, 2.05) is 42.5 Å². The molecular formula is C37H42ClN3O3. The topological polar surface area (TPSA) is 70.7 Å². The minimum Gasteiger partial charge on any atom is -0.445 e. The molecule has 1 aliphatic rings. The Balaban J connectivity index is 0.00000442. The van der Waals surface area contributed by atoms with E-state index < -0.39 is 11.5 Å². The van der Waals surface area contributed by atoms with Crippen molar-refractivity contribution >= 4 is 24.4 Å². The molecule has 0 aliphatic carbocycles. The minimum absolute atomic E-state index is 0. The molecule has 0 aromatic heterocycles. The largest absolute Gasteiger partial charge is 0.445 e. The van der Waals surface area contributed by atoms with E-state index in [-0.39, 0.29) is 31.5 Å². The summed E-state index contributed by atoms with van der Waals surface area (Å²) in [6, 6.07) is 41.2. The molecule has 230 valence electrons. The Hall–Kier alpha value is -4.13. The third kappa shape index (κ3) is 8.94. The first-order chi connectivity index (χ1) is 21.1. The van der Waals surface area contributed by atoms with E-state index in [2.05, 4.69) is 94.4 Å². The van der Waals surface area contributed by atoms with Crippen molar-refractivity contribution in [1.82, 2.24) is 15.5 Å². The number of amides is 2. The zero-order valence-electron chi connectivity index (χ0n) is 25.1. The van der Waals surface area contributed by atoms with Crippen molar-refractivity contribution < 1.29 is 14.3 Å². The fraction of sp³-hybridized carbons (Fsp3) is 0.297. The first-order valence-corrected chi connectivity index (χ1v) is 15.2. The monoisotopic (exact) mass is 611 g/mol. The lowest BCUT2D eigenvalue weighted by Gasteiger charge is -2.39. The summed E-state index contributed by atoms with van der Waals surface area (Å²) in [6.07, 6.45) is 2.53. The standard InChI is InChI=1S/C37H41N3O3.ClH/c41-35(27-38-36(42)43-28-30-13-5-1-6-14-30)39-29-37(33-17-9-3-10-18-33,34-19-11-4-12-20-34)23-26-40-24-21-32(22-25-40)31-15-7-2-8-16-31;/h1-20,32H,21-29H2,(H,38,42)(H,39,41);1H. The number of nitrogens with zero attached hydrogens (tertiary/aromatic N) is 1. The van der Waals surface area contributed by atoms with Gasteiger partial charge in [0.05, 0.1) is 6.54 Å². The summed E-state index contributed by atoms with van der Waals surface area (Å²) in [5.41, 5.74) is 4.22. The highest BCUT2D eigenvalue weighted by atomic mass is 35.5. The van der Waals surface area contributed by atoms with Crippen LogP contribution in [0.4, 0.5) is 4.79 Å². The lowest BCUT2D eigenvalue weighted by Crippen LogP contribution is -2.47. The van der Waals surface area contributed by atoms with Crippen LogP contribution < -0.4 is 10.6 Å². The van der Waals surface area contributed by atoms with Crippen LogP contribution >= 0.6 is 12.4 Å². The molecule has 0 radical (unpaired) electrons. The SMILES string of the molecule is Cl.O=C(CNC(=O)OCc1ccccc1)NCC(CCN1CCC(c2ccccc2)CC1)(c1ccccc1)c1ccccc1. The molecule has 0 saturated carbocycles. The van der Waals surface area contributed by atoms with E-state index in [0.717, 1.165) is 55.6 Å². The number of carbonyl (C=O) groups is 2. The van der Waals surface area contributed by atoms with E-state index in [1.165, 1.54) is 5.56 Å². The first kappa shape index (κ1) is 32.8. The van der Waals surface area contributed by atoms with Crippen molar-refractivity contribution in [2.45, 2.75) is 37.2 Å². The maximum Gasteiger partial charge on any atom is 0.407 e. The Morgan fingerprint density at radius 1 is 0.727 bits per heavy atom. The first-order valence-electron chi connectivity index (χ1n) is 15.2. The van der Waals surface area contributed by atoms with Gasteiger partial charge in [0, 0.05) is 12.0 Å². The summed E-state index contributed by atoms with van der Waals surface area (Å²) in [6.45, 7) is 3.45. The highest BCUT2D eigenvalue weighted by molar-refractivity contribution is 5.85. The number of piperidine rings is 1. The fourth-order valence-corrected chi connectivity index (χ4v) is 6.06. The second-order valence-corrected chi connectivity index (χ2v) is 11.3. The highest BCUT2D eigenvalue weighted by Gasteiger charge is 2.35. The van der Waals surface area contributed by atoms with Gasteiger partial charge in [-0.1, -0.05) is 121 Å². The third-order valence-electron chi connectivity index (χ3n) is 8.56. The molecule has 0 bridgehead atoms. The smallest absolute Gasteiger partial charge is 0.407 e. The third-order valence-corrected chi connectivity index (χ3v) is 8.56. The van der Waals surface area contributed by atoms with E-state index >= 15 is 0 Å². The second-order valence-electron chi connectivity index (χ2n) is 11.3. The van der Waals surface area contributed by atoms with Crippen LogP contribution in [0.1, 0.15) is 47.4 Å². The van der Waals surface area contributed by atoms with Crippen molar-refractivity contribution in [3.05, 3.63) is 144 Å². The van der Waals surface area contributed by atoms with Crippen LogP contribution in [-0.2, 0) is 21.6 Å². The van der Waals surface area contributed by atoms with Gasteiger partial charge < -0.3 is 20.3 Å². The Labute approximate surface area is 267 Å². The number of rotatable bonds is 12. The number of nitrogens with one attached hydrogen (secondary N) is 2. The van der Waals surface area contributed by atoms with E-state index in [9.17, 15) is 9.59 Å². The van der Waals surface area contributed by atoms with Crippen LogP contribution in [0.3, 0.4) is 0 Å². The van der Waals surface area contributed by atoms with Crippen LogP contribution in [0.25, 0.3) is 0 Å². The summed E-state index contributed by atoms with van der Waals surface area (Å²) in [7, 11) is 0. The van der Waals surface area contributed by atoms with Gasteiger partial charge in [-0.25, -0.2) is 4.79 Å². The number of ether oxygens (including phenoxy) is 1. The summed E-state index contributed by atoms with van der Waals surface area (Å²) in [5, 5.41) is 5.73. The van der Waals surface area contributed by atoms with Crippen LogP contribution in [0.5, 0.6) is 0 Å². The lowest BCUT2D eigenvalue weighted by molar-refractivity contribution is -0.120. The van der Waals surface area contributed by atoms with Gasteiger partial charge in [-0.3, -0.25) is 4.79 Å². The van der Waals surface area contributed by atoms with Crippen molar-refractivity contribution in [1.29, 1.82) is 0 Å². The van der Waals surface area contributed by atoms with Crippen molar-refractivity contribution in [2.24, 2.45) is 0 Å². The Morgan fingerprint density at radius 3 is 1.82 bits per heavy atom. The molecule has 44 heavy (non-hydrogen) atoms. The average Bonchev–Trinajstić information content (AvgIpc) is 3.08. The molecule has 4 aromatic carbocycles. The number of likely N-dealkylation sites (tertiary alicyclic amines) is 1. The lowest BCUT2D eigenvalue weighted by atomic mass is 9.71. The summed E-state index contributed by atoms with van der Waals surface area (Å²) >= 11 is 0. The predicted octanol–water partition coefficient (Wildman–Crippen LogP) is 6.71. The molecule has 6 nitrogen and oxygen atoms in total. The van der Waals surface area contributed by atoms with Crippen LogP contribution in [0.15, 0.2) is 121 Å². The number of halogens is 1. The van der Waals surface area contributed by atoms with Gasteiger partial charge in [-0.2, -0.15) is 0 Å². The van der Waals surface area contributed by atoms with Gasteiger partial charge in [-0.15, -0.1) is 12.4 Å². The molecule has 4 aromatic rings. The van der Waals surface area contributed by atoms with Gasteiger partial charge in [0.15, 0.2) is 0 Å². The molecule has 7 heteroatoms. The summed E-state index contributed by atoms with van der Waals surface area (Å²) in [5.74, 6) is 0.355. The van der Waals surface area contributed by atoms with E-state index in [1.54, 1.807) is 0 Å². The Bertz CT molecular complexity index is 1370. The molecule has 1 aliphatic heterocycles. The van der Waals surface area contributed by atoms with Gasteiger partial charge in [0.25, 0.3) is 0 Å². The molecular weight excluding hydrogens is 570 g/mol. The van der Waals surface area contributed by atoms with Crippen LogP contribution in [0, 0.1) is 0 Å². The van der Waals surface area contributed by atoms with Crippen molar-refractivity contribution in [2.75, 3.05) is 32.7 Å². The van der Waals surface area contributed by atoms with Crippen LogP contribution in [-0.4, -0.2) is 49.6 Å². The summed E-state index contributed by atoms with van der Waals surface area (Å²) < 4.78 is 5.27. The van der Waals surface area contributed by atoms with Gasteiger partial charge in [0.1, 0.15) is 6.61 Å². The number of benzene rings is 4. The van der Waals surface area contributed by atoms with Crippen molar-refractivity contribution in [3.63, 3.8) is 0 Å². The zero-order valence-corrected chi connectivity index (χ0v) is 25.9. The van der Waals surface area contributed by atoms with Gasteiger partial charge in [-0.05, 0) is 67.1 Å². The van der Waals surface area contributed by atoms with Crippen molar-refractivity contribution in [3.8, 4) is 0 Å².